The van der Waals surface area contributed by atoms with Crippen LogP contribution in [0.1, 0.15) is 42.6 Å². The molecule has 2 aromatic carbocycles. The highest BCUT2D eigenvalue weighted by atomic mass is 35.5. The molecule has 1 N–H and O–H groups in total. The molecular formula is C19H20ClNO4. The number of anilines is 2. The van der Waals surface area contributed by atoms with Gasteiger partial charge in [-0.05, 0) is 54.8 Å². The summed E-state index contributed by atoms with van der Waals surface area (Å²) >= 11 is 6.08. The Morgan fingerprint density at radius 1 is 1.28 bits per heavy atom. The molecule has 0 fully saturated rings. The van der Waals surface area contributed by atoms with E-state index in [0.717, 1.165) is 5.56 Å². The molecule has 132 valence electrons. The van der Waals surface area contributed by atoms with Crippen molar-refractivity contribution in [3.05, 3.63) is 52.5 Å². The molecule has 0 spiro atoms. The van der Waals surface area contributed by atoms with E-state index in [1.165, 1.54) is 11.0 Å². The smallest absolute Gasteiger partial charge is 0.339 e. The van der Waals surface area contributed by atoms with Crippen LogP contribution in [0.5, 0.6) is 5.75 Å². The second kappa shape index (κ2) is 8.03. The zero-order chi connectivity index (χ0) is 18.6. The maximum atomic E-state index is 11.8. The molecule has 0 radical (unpaired) electrons. The van der Waals surface area contributed by atoms with E-state index in [1.807, 2.05) is 19.9 Å². The molecule has 6 heteroatoms. The summed E-state index contributed by atoms with van der Waals surface area (Å²) in [4.78, 5) is 24.7. The number of hydrogen-bond donors (Lipinski definition) is 1. The van der Waals surface area contributed by atoms with Gasteiger partial charge in [-0.1, -0.05) is 25.4 Å². The lowest BCUT2D eigenvalue weighted by atomic mass is 10.00. The Labute approximate surface area is 151 Å². The van der Waals surface area contributed by atoms with Gasteiger partial charge in [0.2, 0.25) is 6.41 Å². The highest BCUT2D eigenvalue weighted by molar-refractivity contribution is 6.30. The van der Waals surface area contributed by atoms with Crippen molar-refractivity contribution < 1.29 is 19.4 Å². The molecule has 0 heterocycles. The van der Waals surface area contributed by atoms with Crippen LogP contribution < -0.4 is 9.64 Å². The Morgan fingerprint density at radius 3 is 2.56 bits per heavy atom. The molecule has 25 heavy (non-hydrogen) atoms. The van der Waals surface area contributed by atoms with E-state index < -0.39 is 5.97 Å². The Bertz CT molecular complexity index is 789. The predicted octanol–water partition coefficient (Wildman–Crippen LogP) is 4.85. The molecule has 1 amide bonds. The van der Waals surface area contributed by atoms with Crippen LogP contribution >= 0.6 is 11.6 Å². The van der Waals surface area contributed by atoms with E-state index in [-0.39, 0.29) is 17.2 Å². The summed E-state index contributed by atoms with van der Waals surface area (Å²) in [6.45, 7) is 6.13. The fraction of sp³-hybridized carbons (Fsp3) is 0.263. The number of carbonyl (C=O) groups excluding carboxylic acids is 1. The number of carbonyl (C=O) groups is 2. The molecule has 0 aromatic heterocycles. The lowest BCUT2D eigenvalue weighted by Crippen LogP contribution is -2.17. The molecule has 0 saturated carbocycles. The van der Waals surface area contributed by atoms with Crippen molar-refractivity contribution in [1.29, 1.82) is 0 Å². The molecule has 0 unspecified atom stereocenters. The van der Waals surface area contributed by atoms with Gasteiger partial charge in [0.25, 0.3) is 0 Å². The van der Waals surface area contributed by atoms with Crippen molar-refractivity contribution in [2.24, 2.45) is 0 Å². The first-order valence-electron chi connectivity index (χ1n) is 7.93. The van der Waals surface area contributed by atoms with Gasteiger partial charge in [0.15, 0.2) is 0 Å². The highest BCUT2D eigenvalue weighted by Gasteiger charge is 2.19. The van der Waals surface area contributed by atoms with Crippen LogP contribution in [0.2, 0.25) is 5.02 Å². The summed E-state index contributed by atoms with van der Waals surface area (Å²) in [6, 6.07) is 9.91. The van der Waals surface area contributed by atoms with Crippen molar-refractivity contribution in [2.75, 3.05) is 11.5 Å². The third-order valence-corrected chi connectivity index (χ3v) is 3.98. The molecule has 5 nitrogen and oxygen atoms in total. The van der Waals surface area contributed by atoms with Gasteiger partial charge in [-0.2, -0.15) is 0 Å². The Kier molecular flexibility index (Phi) is 6.04. The first kappa shape index (κ1) is 18.8. The van der Waals surface area contributed by atoms with Crippen molar-refractivity contribution in [2.45, 2.75) is 26.7 Å². The number of nitrogens with zero attached hydrogens (tertiary/aromatic N) is 1. The second-order valence-electron chi connectivity index (χ2n) is 5.75. The number of carboxylic acid groups (broad SMARTS) is 1. The number of hydrogen-bond acceptors (Lipinski definition) is 3. The summed E-state index contributed by atoms with van der Waals surface area (Å²) in [5.41, 5.74) is 2.01. The number of halogens is 1. The zero-order valence-corrected chi connectivity index (χ0v) is 15.1. The molecule has 0 bridgehead atoms. The van der Waals surface area contributed by atoms with Crippen LogP contribution in [-0.4, -0.2) is 24.1 Å². The Morgan fingerprint density at radius 2 is 2.00 bits per heavy atom. The normalized spacial score (nSPS) is 10.6. The number of amides is 1. The molecule has 0 aliphatic heterocycles. The lowest BCUT2D eigenvalue weighted by Gasteiger charge is -2.23. The van der Waals surface area contributed by atoms with Gasteiger partial charge in [-0.25, -0.2) is 4.79 Å². The van der Waals surface area contributed by atoms with Crippen LogP contribution in [0.15, 0.2) is 36.4 Å². The third kappa shape index (κ3) is 4.12. The van der Waals surface area contributed by atoms with E-state index in [1.54, 1.807) is 31.2 Å². The fourth-order valence-corrected chi connectivity index (χ4v) is 2.76. The van der Waals surface area contributed by atoms with Gasteiger partial charge in [-0.3, -0.25) is 9.69 Å². The van der Waals surface area contributed by atoms with Gasteiger partial charge in [-0.15, -0.1) is 0 Å². The first-order valence-corrected chi connectivity index (χ1v) is 8.31. The van der Waals surface area contributed by atoms with E-state index in [0.29, 0.717) is 29.4 Å². The summed E-state index contributed by atoms with van der Waals surface area (Å²) in [6.07, 6.45) is 0.663. The minimum atomic E-state index is -1.11. The van der Waals surface area contributed by atoms with Crippen molar-refractivity contribution in [1.82, 2.24) is 0 Å². The van der Waals surface area contributed by atoms with E-state index >= 15 is 0 Å². The second-order valence-corrected chi connectivity index (χ2v) is 6.19. The third-order valence-electron chi connectivity index (χ3n) is 3.75. The van der Waals surface area contributed by atoms with E-state index in [9.17, 15) is 14.7 Å². The predicted molar refractivity (Wildman–Crippen MR) is 98.3 cm³/mol. The van der Waals surface area contributed by atoms with Crippen LogP contribution in [0.3, 0.4) is 0 Å². The molecular weight excluding hydrogens is 342 g/mol. The number of ether oxygens (including phenoxy) is 1. The van der Waals surface area contributed by atoms with E-state index in [4.69, 9.17) is 16.3 Å². The van der Waals surface area contributed by atoms with Gasteiger partial charge in [0.1, 0.15) is 11.3 Å². The lowest BCUT2D eigenvalue weighted by molar-refractivity contribution is -0.106. The minimum absolute atomic E-state index is 0.00580. The fourth-order valence-electron chi connectivity index (χ4n) is 2.58. The summed E-state index contributed by atoms with van der Waals surface area (Å²) in [7, 11) is 0. The van der Waals surface area contributed by atoms with Gasteiger partial charge < -0.3 is 9.84 Å². The quantitative estimate of drug-likeness (QED) is 0.715. The van der Waals surface area contributed by atoms with Gasteiger partial charge in [0.05, 0.1) is 12.3 Å². The van der Waals surface area contributed by atoms with Crippen LogP contribution in [0, 0.1) is 0 Å². The standard InChI is InChI=1S/C19H20ClNO4/c1-4-25-18-8-6-14(10-16(18)19(23)24)21(11-22)17-7-5-13(20)9-15(17)12(2)3/h5-12H,4H2,1-3H3,(H,23,24). The maximum Gasteiger partial charge on any atom is 0.339 e. The monoisotopic (exact) mass is 361 g/mol. The SMILES string of the molecule is CCOc1ccc(N(C=O)c2ccc(Cl)cc2C(C)C)cc1C(=O)O. The molecule has 0 aliphatic carbocycles. The number of rotatable bonds is 7. The maximum absolute atomic E-state index is 11.8. The topological polar surface area (TPSA) is 66.8 Å². The van der Waals surface area contributed by atoms with Crippen molar-refractivity contribution >= 4 is 35.4 Å². The van der Waals surface area contributed by atoms with Crippen molar-refractivity contribution in [3.8, 4) is 5.75 Å². The molecule has 2 rings (SSSR count). The molecule has 0 aliphatic rings. The largest absolute Gasteiger partial charge is 0.493 e. The summed E-state index contributed by atoms with van der Waals surface area (Å²) < 4.78 is 5.34. The molecule has 0 saturated heterocycles. The van der Waals surface area contributed by atoms with Crippen LogP contribution in [0.4, 0.5) is 11.4 Å². The van der Waals surface area contributed by atoms with Gasteiger partial charge in [0, 0.05) is 10.7 Å². The van der Waals surface area contributed by atoms with Crippen LogP contribution in [-0.2, 0) is 4.79 Å². The first-order chi connectivity index (χ1) is 11.9. The van der Waals surface area contributed by atoms with Crippen molar-refractivity contribution in [3.63, 3.8) is 0 Å². The molecule has 0 atom stereocenters. The number of benzene rings is 2. The average molecular weight is 362 g/mol. The van der Waals surface area contributed by atoms with Gasteiger partial charge >= 0.3 is 5.97 Å². The van der Waals surface area contributed by atoms with Crippen LogP contribution in [0.25, 0.3) is 0 Å². The Balaban J connectivity index is 2.57. The number of carboxylic acids is 1. The zero-order valence-electron chi connectivity index (χ0n) is 14.3. The molecule has 2 aromatic rings. The number of aromatic carboxylic acids is 1. The summed E-state index contributed by atoms with van der Waals surface area (Å²) in [5, 5.41) is 10.00. The minimum Gasteiger partial charge on any atom is -0.493 e. The Hall–Kier alpha value is -2.53. The van der Waals surface area contributed by atoms with E-state index in [2.05, 4.69) is 0 Å². The highest BCUT2D eigenvalue weighted by Crippen LogP contribution is 2.35. The summed E-state index contributed by atoms with van der Waals surface area (Å²) in [5.74, 6) is -0.709. The average Bonchev–Trinajstić information content (AvgIpc) is 2.57.